The fourth-order valence-electron chi connectivity index (χ4n) is 0.926. The van der Waals surface area contributed by atoms with Crippen molar-refractivity contribution in [2.75, 3.05) is 13.2 Å². The van der Waals surface area contributed by atoms with E-state index in [-0.39, 0.29) is 0 Å². The van der Waals surface area contributed by atoms with Gasteiger partial charge in [-0.2, -0.15) is 4.37 Å². The molecule has 2 heterocycles. The zero-order chi connectivity index (χ0) is 6.81. The standard InChI is InChI=1S/C6H8N2OS/c1-2-9-6-5(3-7-1)4-10-8-6/h4,7H,1-3H2. The summed E-state index contributed by atoms with van der Waals surface area (Å²) in [6.45, 7) is 2.55. The summed E-state index contributed by atoms with van der Waals surface area (Å²) in [5.74, 6) is 0.815. The molecule has 10 heavy (non-hydrogen) atoms. The Balaban J connectivity index is 2.28. The van der Waals surface area contributed by atoms with Gasteiger partial charge in [0.2, 0.25) is 5.88 Å². The second-order valence-corrected chi connectivity index (χ2v) is 2.80. The normalized spacial score (nSPS) is 17.2. The van der Waals surface area contributed by atoms with Gasteiger partial charge in [-0.1, -0.05) is 0 Å². The van der Waals surface area contributed by atoms with Crippen molar-refractivity contribution in [1.82, 2.24) is 9.69 Å². The summed E-state index contributed by atoms with van der Waals surface area (Å²) in [5.41, 5.74) is 1.18. The number of nitrogens with one attached hydrogen (secondary N) is 1. The van der Waals surface area contributed by atoms with Crippen LogP contribution >= 0.6 is 11.5 Å². The third-order valence-corrected chi connectivity index (χ3v) is 2.10. The van der Waals surface area contributed by atoms with E-state index in [4.69, 9.17) is 4.74 Å². The molecule has 1 aliphatic heterocycles. The van der Waals surface area contributed by atoms with Crippen LogP contribution < -0.4 is 10.1 Å². The van der Waals surface area contributed by atoms with Crippen molar-refractivity contribution < 1.29 is 4.74 Å². The summed E-state index contributed by atoms with van der Waals surface area (Å²) in [5, 5.41) is 5.25. The number of aromatic nitrogens is 1. The van der Waals surface area contributed by atoms with Crippen LogP contribution in [0, 0.1) is 0 Å². The number of hydrogen-bond donors (Lipinski definition) is 1. The van der Waals surface area contributed by atoms with E-state index in [0.717, 1.165) is 25.6 Å². The molecular weight excluding hydrogens is 148 g/mol. The third-order valence-electron chi connectivity index (χ3n) is 1.44. The Morgan fingerprint density at radius 1 is 1.70 bits per heavy atom. The summed E-state index contributed by atoms with van der Waals surface area (Å²) in [4.78, 5) is 0. The van der Waals surface area contributed by atoms with Gasteiger partial charge in [-0.15, -0.1) is 0 Å². The van der Waals surface area contributed by atoms with Gasteiger partial charge in [0.25, 0.3) is 0 Å². The molecule has 0 aromatic carbocycles. The van der Waals surface area contributed by atoms with Gasteiger partial charge < -0.3 is 10.1 Å². The van der Waals surface area contributed by atoms with E-state index in [9.17, 15) is 0 Å². The van der Waals surface area contributed by atoms with E-state index in [1.807, 2.05) is 5.38 Å². The van der Waals surface area contributed by atoms with Crippen LogP contribution in [0.25, 0.3) is 0 Å². The second kappa shape index (κ2) is 2.56. The Morgan fingerprint density at radius 3 is 3.70 bits per heavy atom. The highest BCUT2D eigenvalue weighted by molar-refractivity contribution is 7.03. The molecule has 1 aliphatic rings. The summed E-state index contributed by atoms with van der Waals surface area (Å²) < 4.78 is 9.42. The van der Waals surface area contributed by atoms with Crippen molar-refractivity contribution in [3.05, 3.63) is 10.9 Å². The molecule has 4 heteroatoms. The highest BCUT2D eigenvalue weighted by atomic mass is 32.1. The highest BCUT2D eigenvalue weighted by Gasteiger charge is 2.09. The van der Waals surface area contributed by atoms with Gasteiger partial charge in [0.05, 0.1) is 0 Å². The van der Waals surface area contributed by atoms with E-state index in [2.05, 4.69) is 9.69 Å². The van der Waals surface area contributed by atoms with Crippen LogP contribution in [0.1, 0.15) is 5.56 Å². The van der Waals surface area contributed by atoms with Crippen LogP contribution in [0.4, 0.5) is 0 Å². The number of hydrogen-bond acceptors (Lipinski definition) is 4. The Bertz CT molecular complexity index is 203. The molecule has 0 saturated heterocycles. The lowest BCUT2D eigenvalue weighted by atomic mass is 10.3. The zero-order valence-electron chi connectivity index (χ0n) is 5.46. The second-order valence-electron chi connectivity index (χ2n) is 2.17. The summed E-state index contributed by atoms with van der Waals surface area (Å²) in [6.07, 6.45) is 0. The van der Waals surface area contributed by atoms with Gasteiger partial charge in [-0.05, 0) is 11.5 Å². The first-order valence-electron chi connectivity index (χ1n) is 3.23. The number of nitrogens with zero attached hydrogens (tertiary/aromatic N) is 1. The first-order chi connectivity index (χ1) is 4.97. The molecule has 0 saturated carbocycles. The van der Waals surface area contributed by atoms with Gasteiger partial charge in [0.15, 0.2) is 0 Å². The Hall–Kier alpha value is -0.610. The van der Waals surface area contributed by atoms with Crippen molar-refractivity contribution in [3.8, 4) is 5.88 Å². The van der Waals surface area contributed by atoms with Gasteiger partial charge in [0, 0.05) is 24.0 Å². The van der Waals surface area contributed by atoms with Crippen molar-refractivity contribution >= 4 is 11.5 Å². The Kier molecular flexibility index (Phi) is 1.56. The summed E-state index contributed by atoms with van der Waals surface area (Å²) in [6, 6.07) is 0. The summed E-state index contributed by atoms with van der Waals surface area (Å²) in [7, 11) is 0. The van der Waals surface area contributed by atoms with Crippen LogP contribution in [-0.2, 0) is 6.54 Å². The van der Waals surface area contributed by atoms with Gasteiger partial charge in [-0.25, -0.2) is 0 Å². The number of ether oxygens (including phenoxy) is 1. The third kappa shape index (κ3) is 0.998. The fraction of sp³-hybridized carbons (Fsp3) is 0.500. The van der Waals surface area contributed by atoms with Gasteiger partial charge >= 0.3 is 0 Å². The molecule has 3 nitrogen and oxygen atoms in total. The molecular formula is C6H8N2OS. The van der Waals surface area contributed by atoms with Gasteiger partial charge in [0.1, 0.15) is 6.61 Å². The molecule has 1 aromatic heterocycles. The monoisotopic (exact) mass is 156 g/mol. The van der Waals surface area contributed by atoms with Crippen LogP contribution in [0.2, 0.25) is 0 Å². The molecule has 0 bridgehead atoms. The average molecular weight is 156 g/mol. The predicted octanol–water partition coefficient (Wildman–Crippen LogP) is 0.625. The minimum absolute atomic E-state index is 0.733. The van der Waals surface area contributed by atoms with E-state index >= 15 is 0 Å². The van der Waals surface area contributed by atoms with Crippen molar-refractivity contribution in [2.24, 2.45) is 0 Å². The van der Waals surface area contributed by atoms with E-state index < -0.39 is 0 Å². The maximum Gasteiger partial charge on any atom is 0.229 e. The molecule has 0 spiro atoms. The van der Waals surface area contributed by atoms with Crippen molar-refractivity contribution in [1.29, 1.82) is 0 Å². The molecule has 0 fully saturated rings. The molecule has 1 N–H and O–H groups in total. The number of rotatable bonds is 0. The predicted molar refractivity (Wildman–Crippen MR) is 39.3 cm³/mol. The highest BCUT2D eigenvalue weighted by Crippen LogP contribution is 2.19. The molecule has 1 aromatic rings. The minimum Gasteiger partial charge on any atom is -0.475 e. The quantitative estimate of drug-likeness (QED) is 0.598. The molecule has 0 atom stereocenters. The van der Waals surface area contributed by atoms with Gasteiger partial charge in [-0.3, -0.25) is 0 Å². The van der Waals surface area contributed by atoms with Crippen LogP contribution in [0.15, 0.2) is 5.38 Å². The zero-order valence-corrected chi connectivity index (χ0v) is 6.28. The van der Waals surface area contributed by atoms with E-state index in [1.165, 1.54) is 17.1 Å². The largest absolute Gasteiger partial charge is 0.475 e. The summed E-state index contributed by atoms with van der Waals surface area (Å²) >= 11 is 1.45. The smallest absolute Gasteiger partial charge is 0.229 e. The van der Waals surface area contributed by atoms with E-state index in [0.29, 0.717) is 0 Å². The maximum atomic E-state index is 5.33. The van der Waals surface area contributed by atoms with Crippen LogP contribution in [-0.4, -0.2) is 17.5 Å². The lowest BCUT2D eigenvalue weighted by molar-refractivity contribution is 0.317. The molecule has 2 rings (SSSR count). The first-order valence-corrected chi connectivity index (χ1v) is 4.07. The Morgan fingerprint density at radius 2 is 2.70 bits per heavy atom. The first kappa shape index (κ1) is 6.12. The van der Waals surface area contributed by atoms with E-state index in [1.54, 1.807) is 0 Å². The van der Waals surface area contributed by atoms with Crippen LogP contribution in [0.3, 0.4) is 0 Å². The molecule has 0 amide bonds. The minimum atomic E-state index is 0.733. The lowest BCUT2D eigenvalue weighted by Crippen LogP contribution is -2.16. The average Bonchev–Trinajstić information content (AvgIpc) is 2.28. The fourth-order valence-corrected chi connectivity index (χ4v) is 1.56. The van der Waals surface area contributed by atoms with Crippen molar-refractivity contribution in [3.63, 3.8) is 0 Å². The Labute approximate surface area is 63.2 Å². The molecule has 54 valence electrons. The molecule has 0 unspecified atom stereocenters. The van der Waals surface area contributed by atoms with Crippen LogP contribution in [0.5, 0.6) is 5.88 Å². The lowest BCUT2D eigenvalue weighted by Gasteiger charge is -1.95. The molecule has 0 aliphatic carbocycles. The van der Waals surface area contributed by atoms with Crippen molar-refractivity contribution in [2.45, 2.75) is 6.54 Å². The SMILES string of the molecule is c1snc2c1CNCCO2. The maximum absolute atomic E-state index is 5.33. The molecule has 0 radical (unpaired) electrons. The number of fused-ring (bicyclic) bond motifs is 1. The topological polar surface area (TPSA) is 34.2 Å².